The Morgan fingerprint density at radius 1 is 0.908 bits per heavy atom. The number of rotatable bonds is 12. The van der Waals surface area contributed by atoms with E-state index in [0.29, 0.717) is 63.6 Å². The van der Waals surface area contributed by atoms with Crippen molar-refractivity contribution in [2.45, 2.75) is 66.1 Å². The number of nitrogens with zero attached hydrogens (tertiary/aromatic N) is 5. The Labute approximate surface area is 375 Å². The Morgan fingerprint density at radius 3 is 2.20 bits per heavy atom. The second-order valence-electron chi connectivity index (χ2n) is 15.2. The zero-order valence-corrected chi connectivity index (χ0v) is 37.7. The summed E-state index contributed by atoms with van der Waals surface area (Å²) in [6, 6.07) is 20.3. The van der Waals surface area contributed by atoms with Crippen LogP contribution >= 0.6 is 0 Å². The molecule has 1 aliphatic rings. The van der Waals surface area contributed by atoms with Crippen molar-refractivity contribution in [3.05, 3.63) is 145 Å². The summed E-state index contributed by atoms with van der Waals surface area (Å²) >= 11 is 0. The Balaban J connectivity index is 0.000000531. The number of halogens is 1. The highest BCUT2D eigenvalue weighted by Gasteiger charge is 2.23. The van der Waals surface area contributed by atoms with Crippen molar-refractivity contribution in [3.63, 3.8) is 0 Å². The van der Waals surface area contributed by atoms with Crippen molar-refractivity contribution in [1.29, 1.82) is 0 Å². The van der Waals surface area contributed by atoms with Crippen LogP contribution in [0.25, 0.3) is 22.0 Å². The molecule has 6 aromatic rings. The van der Waals surface area contributed by atoms with Crippen LogP contribution in [0.2, 0.25) is 0 Å². The van der Waals surface area contributed by atoms with Crippen LogP contribution in [-0.2, 0) is 16.5 Å². The molecule has 0 atom stereocenters. The SMILES string of the molecule is CC.CO.Cc1cc([N+](=O)[O-])ccc1F.Cn1cc(-c2cc([N+](=O)[O-])ccc2Oc2cccc(OCCOC3CCN(c4ccc(C(=O)OC(C)(C)C)cn4)CC3)c2)c2cc[nH]c2c1=O. The molecule has 0 saturated carbocycles. The van der Waals surface area contributed by atoms with E-state index in [9.17, 15) is 34.2 Å². The smallest absolute Gasteiger partial charge is 0.340 e. The van der Waals surface area contributed by atoms with Gasteiger partial charge in [0.15, 0.2) is 0 Å². The normalized spacial score (nSPS) is 12.4. The molecule has 18 heteroatoms. The first-order valence-corrected chi connectivity index (χ1v) is 20.8. The molecule has 1 fully saturated rings. The predicted molar refractivity (Wildman–Crippen MR) is 246 cm³/mol. The second kappa shape index (κ2) is 23.5. The summed E-state index contributed by atoms with van der Waals surface area (Å²) in [5.41, 5.74) is 1.25. The molecular formula is C47H55FN6O11. The van der Waals surface area contributed by atoms with Gasteiger partial charge >= 0.3 is 5.97 Å². The Bertz CT molecular complexity index is 2600. The van der Waals surface area contributed by atoms with Crippen LogP contribution in [0.15, 0.2) is 102 Å². The number of benzene rings is 3. The number of aryl methyl sites for hydroxylation is 2. The van der Waals surface area contributed by atoms with E-state index >= 15 is 0 Å². The summed E-state index contributed by atoms with van der Waals surface area (Å²) < 4.78 is 37.7. The van der Waals surface area contributed by atoms with E-state index in [0.717, 1.165) is 51.0 Å². The lowest BCUT2D eigenvalue weighted by atomic mass is 10.0. The minimum atomic E-state index is -0.563. The molecular weight excluding hydrogens is 844 g/mol. The van der Waals surface area contributed by atoms with E-state index in [1.807, 2.05) is 46.8 Å². The molecule has 346 valence electrons. The molecule has 0 radical (unpaired) electrons. The maximum absolute atomic E-state index is 12.6. The number of non-ortho nitro benzene ring substituents is 2. The number of fused-ring (bicyclic) bond motifs is 1. The Hall–Kier alpha value is -7.18. The quantitative estimate of drug-likeness (QED) is 0.0508. The molecule has 3 aromatic carbocycles. The fourth-order valence-electron chi connectivity index (χ4n) is 6.57. The molecule has 2 N–H and O–H groups in total. The molecule has 0 bridgehead atoms. The van der Waals surface area contributed by atoms with E-state index in [4.69, 9.17) is 24.1 Å². The molecule has 7 rings (SSSR count). The average Bonchev–Trinajstić information content (AvgIpc) is 3.80. The van der Waals surface area contributed by atoms with Gasteiger partial charge in [0.25, 0.3) is 16.9 Å². The topological polar surface area (TPSA) is 214 Å². The highest BCUT2D eigenvalue weighted by atomic mass is 19.1. The summed E-state index contributed by atoms with van der Waals surface area (Å²) in [4.78, 5) is 55.3. The van der Waals surface area contributed by atoms with Gasteiger partial charge in [-0.2, -0.15) is 0 Å². The molecule has 1 saturated heterocycles. The van der Waals surface area contributed by atoms with Gasteiger partial charge in [0.05, 0.1) is 28.1 Å². The number of hydrogen-bond acceptors (Lipinski definition) is 13. The highest BCUT2D eigenvalue weighted by molar-refractivity contribution is 5.96. The standard InChI is InChI=1S/C37H39N5O8.C7H6FNO2.C2H6.CH4O/c1-37(2,3)50-36(44)24-8-11-33(39-22-24)41-16-13-26(14-17-41)47-18-19-48-27-6-5-7-28(21-27)49-32-10-9-25(42(45)46)20-30(32)31-23-40(4)35(43)34-29(31)12-15-38-34;1-5-4-6(9(10)11)2-3-7(5)8;2*1-2/h5-12,15,20-23,26,38H,13-14,16-19H2,1-4H3;2-4H,1H3;1-2H3;2H,1H3. The van der Waals surface area contributed by atoms with Gasteiger partial charge in [-0.05, 0) is 88.6 Å². The number of aliphatic hydroxyl groups is 1. The summed E-state index contributed by atoms with van der Waals surface area (Å²) in [6.45, 7) is 13.3. The zero-order valence-electron chi connectivity index (χ0n) is 37.7. The fraction of sp³-hybridized carbons (Fsp3) is 0.340. The fourth-order valence-corrected chi connectivity index (χ4v) is 6.57. The summed E-state index contributed by atoms with van der Waals surface area (Å²) in [5.74, 6) is 1.46. The number of aromatic nitrogens is 3. The van der Waals surface area contributed by atoms with Gasteiger partial charge in [-0.15, -0.1) is 0 Å². The highest BCUT2D eigenvalue weighted by Crippen LogP contribution is 2.39. The van der Waals surface area contributed by atoms with Crippen LogP contribution in [0.1, 0.15) is 63.4 Å². The number of nitro groups is 2. The summed E-state index contributed by atoms with van der Waals surface area (Å²) in [6.07, 6.45) is 6.63. The molecule has 0 amide bonds. The van der Waals surface area contributed by atoms with Crippen LogP contribution < -0.4 is 19.9 Å². The van der Waals surface area contributed by atoms with Crippen LogP contribution in [0.4, 0.5) is 21.6 Å². The largest absolute Gasteiger partial charge is 0.491 e. The number of nitrogens with one attached hydrogen (secondary N) is 1. The van der Waals surface area contributed by atoms with E-state index in [1.54, 1.807) is 62.0 Å². The maximum Gasteiger partial charge on any atom is 0.340 e. The number of pyridine rings is 2. The number of carbonyl (C=O) groups excluding carboxylic acids is 1. The van der Waals surface area contributed by atoms with Gasteiger partial charge in [-0.3, -0.25) is 25.0 Å². The molecule has 0 spiro atoms. The van der Waals surface area contributed by atoms with E-state index in [-0.39, 0.29) is 29.0 Å². The number of aromatic amines is 1. The van der Waals surface area contributed by atoms with Crippen molar-refractivity contribution < 1.29 is 43.1 Å². The molecule has 4 heterocycles. The van der Waals surface area contributed by atoms with Gasteiger partial charge in [-0.25, -0.2) is 14.2 Å². The monoisotopic (exact) mass is 898 g/mol. The van der Waals surface area contributed by atoms with Crippen molar-refractivity contribution in [3.8, 4) is 28.4 Å². The van der Waals surface area contributed by atoms with Crippen molar-refractivity contribution in [2.24, 2.45) is 7.05 Å². The number of piperidine rings is 1. The first kappa shape index (κ1) is 50.5. The van der Waals surface area contributed by atoms with Gasteiger partial charge in [0, 0.05) is 92.7 Å². The number of nitro benzene ring substituents is 2. The number of carbonyl (C=O) groups is 1. The third kappa shape index (κ3) is 13.9. The summed E-state index contributed by atoms with van der Waals surface area (Å²) in [5, 5.41) is 29.4. The lowest BCUT2D eigenvalue weighted by Gasteiger charge is -2.32. The molecule has 65 heavy (non-hydrogen) atoms. The minimum absolute atomic E-state index is 0.0797. The number of esters is 1. The van der Waals surface area contributed by atoms with Crippen molar-refractivity contribution >= 4 is 34.1 Å². The second-order valence-corrected chi connectivity index (χ2v) is 15.2. The zero-order chi connectivity index (χ0) is 47.8. The minimum Gasteiger partial charge on any atom is -0.491 e. The van der Waals surface area contributed by atoms with E-state index in [1.165, 1.54) is 29.7 Å². The molecule has 0 aliphatic carbocycles. The maximum atomic E-state index is 12.6. The molecule has 3 aromatic heterocycles. The number of anilines is 1. The number of ether oxygens (including phenoxy) is 4. The van der Waals surface area contributed by atoms with Crippen molar-refractivity contribution in [1.82, 2.24) is 14.5 Å². The average molecular weight is 899 g/mol. The van der Waals surface area contributed by atoms with Crippen LogP contribution in [0, 0.1) is 33.0 Å². The molecule has 1 aliphatic heterocycles. The Kier molecular flexibility index (Phi) is 18.2. The van der Waals surface area contributed by atoms with E-state index < -0.39 is 21.3 Å². The molecule has 17 nitrogen and oxygen atoms in total. The van der Waals surface area contributed by atoms with Gasteiger partial charge in [0.1, 0.15) is 46.6 Å². The van der Waals surface area contributed by atoms with Crippen LogP contribution in [0.3, 0.4) is 0 Å². The van der Waals surface area contributed by atoms with Crippen molar-refractivity contribution in [2.75, 3.05) is 38.3 Å². The first-order chi connectivity index (χ1) is 31.1. The van der Waals surface area contributed by atoms with Gasteiger partial charge in [0.2, 0.25) is 0 Å². The van der Waals surface area contributed by atoms with Crippen LogP contribution in [-0.4, -0.2) is 80.6 Å². The lowest BCUT2D eigenvalue weighted by molar-refractivity contribution is -0.385. The van der Waals surface area contributed by atoms with Gasteiger partial charge < -0.3 is 38.5 Å². The predicted octanol–water partition coefficient (Wildman–Crippen LogP) is 9.33. The Morgan fingerprint density at radius 2 is 1.57 bits per heavy atom. The third-order valence-electron chi connectivity index (χ3n) is 9.60. The number of H-pyrrole nitrogens is 1. The van der Waals surface area contributed by atoms with E-state index in [2.05, 4.69) is 14.9 Å². The lowest BCUT2D eigenvalue weighted by Crippen LogP contribution is -2.38. The summed E-state index contributed by atoms with van der Waals surface area (Å²) in [7, 11) is 2.63. The van der Waals surface area contributed by atoms with Gasteiger partial charge in [-0.1, -0.05) is 19.9 Å². The number of aliphatic hydroxyl groups excluding tert-OH is 1. The first-order valence-electron chi connectivity index (χ1n) is 20.8. The third-order valence-corrected chi connectivity index (χ3v) is 9.60. The molecule has 0 unspecified atom stereocenters. The van der Waals surface area contributed by atoms with Crippen LogP contribution in [0.5, 0.6) is 17.2 Å². The number of hydrogen-bond donors (Lipinski definition) is 2.